The molecule has 13 nitrogen and oxygen atoms in total. The quantitative estimate of drug-likeness (QED) is 0.229. The largest absolute Gasteiger partial charge is 0.370 e. The Kier molecular flexibility index (Phi) is 11.4. The predicted molar refractivity (Wildman–Crippen MR) is 154 cm³/mol. The number of aliphatic imine (C=N–C) groups is 1. The highest BCUT2D eigenvalue weighted by molar-refractivity contribution is 7.94. The standard InChI is InChI=1S/C12H17N3O5S2.C11H13ClO5S2/c1-4-22(19,20)10-5-7(2)8(11(16)15-12(13)14)6-9(10)21(3,17)18;1-4-19(16,17)10-5-7(2)8(11(12)13)6-9(10)18(3,14)15/h5-6H,4H2,1-3H3,(H4,13,14,15,16);5-6H,4H2,1-3H3. The van der Waals surface area contributed by atoms with Gasteiger partial charge in [0, 0.05) is 23.6 Å². The van der Waals surface area contributed by atoms with Gasteiger partial charge in [0.25, 0.3) is 11.1 Å². The summed E-state index contributed by atoms with van der Waals surface area (Å²) in [5, 5.41) is -0.831. The van der Waals surface area contributed by atoms with E-state index in [1.165, 1.54) is 33.8 Å². The lowest BCUT2D eigenvalue weighted by atomic mass is 10.1. The van der Waals surface area contributed by atoms with Crippen LogP contribution in [0.5, 0.6) is 0 Å². The molecular weight excluding hydrogens is 642 g/mol. The van der Waals surface area contributed by atoms with Gasteiger partial charge in [-0.05, 0) is 60.8 Å². The van der Waals surface area contributed by atoms with E-state index in [1.807, 2.05) is 0 Å². The van der Waals surface area contributed by atoms with Crippen molar-refractivity contribution in [2.75, 3.05) is 24.0 Å². The van der Waals surface area contributed by atoms with Crippen LogP contribution in [0.2, 0.25) is 0 Å². The number of hydrogen-bond donors (Lipinski definition) is 2. The maximum Gasteiger partial charge on any atom is 0.280 e. The summed E-state index contributed by atoms with van der Waals surface area (Å²) in [5.41, 5.74) is 10.7. The van der Waals surface area contributed by atoms with E-state index in [0.717, 1.165) is 30.7 Å². The summed E-state index contributed by atoms with van der Waals surface area (Å²) in [6.45, 7) is 5.78. The van der Waals surface area contributed by atoms with Gasteiger partial charge in [-0.25, -0.2) is 33.7 Å². The smallest absolute Gasteiger partial charge is 0.280 e. The van der Waals surface area contributed by atoms with Crippen molar-refractivity contribution in [2.24, 2.45) is 16.5 Å². The second-order valence-electron chi connectivity index (χ2n) is 8.69. The highest BCUT2D eigenvalue weighted by atomic mass is 35.5. The summed E-state index contributed by atoms with van der Waals surface area (Å²) < 4.78 is 95.1. The Morgan fingerprint density at radius 3 is 1.32 bits per heavy atom. The van der Waals surface area contributed by atoms with Crippen molar-refractivity contribution in [1.82, 2.24) is 0 Å². The van der Waals surface area contributed by atoms with E-state index in [0.29, 0.717) is 5.56 Å². The molecule has 2 rings (SSSR count). The van der Waals surface area contributed by atoms with Gasteiger partial charge in [0.2, 0.25) is 0 Å². The number of carbonyl (C=O) groups excluding carboxylic acids is 2. The number of rotatable bonds is 8. The fourth-order valence-corrected chi connectivity index (χ4v) is 8.77. The number of halogens is 1. The zero-order valence-electron chi connectivity index (χ0n) is 22.9. The van der Waals surface area contributed by atoms with E-state index < -0.39 is 66.2 Å². The molecule has 0 heterocycles. The minimum absolute atomic E-state index is 0.0165. The Bertz CT molecular complexity index is 1860. The molecule has 0 unspecified atom stereocenters. The molecule has 0 fully saturated rings. The van der Waals surface area contributed by atoms with Gasteiger partial charge >= 0.3 is 0 Å². The lowest BCUT2D eigenvalue weighted by Gasteiger charge is -2.12. The van der Waals surface area contributed by atoms with Crippen LogP contribution in [0.25, 0.3) is 0 Å². The van der Waals surface area contributed by atoms with E-state index in [2.05, 4.69) is 4.99 Å². The van der Waals surface area contributed by atoms with Crippen LogP contribution in [0.4, 0.5) is 0 Å². The van der Waals surface area contributed by atoms with Crippen LogP contribution >= 0.6 is 11.6 Å². The molecule has 18 heteroatoms. The minimum Gasteiger partial charge on any atom is -0.370 e. The number of benzene rings is 2. The van der Waals surface area contributed by atoms with Crippen LogP contribution in [-0.2, 0) is 39.3 Å². The van der Waals surface area contributed by atoms with Crippen molar-refractivity contribution in [3.05, 3.63) is 46.5 Å². The van der Waals surface area contributed by atoms with Gasteiger partial charge in [0.05, 0.1) is 31.1 Å². The summed E-state index contributed by atoms with van der Waals surface area (Å²) in [5.74, 6) is -1.82. The fraction of sp³-hybridized carbons (Fsp3) is 0.348. The number of amides is 1. The molecular formula is C23H30ClN3O10S4. The van der Waals surface area contributed by atoms with Crippen molar-refractivity contribution in [3.63, 3.8) is 0 Å². The molecule has 228 valence electrons. The molecule has 2 aromatic carbocycles. The van der Waals surface area contributed by atoms with Crippen molar-refractivity contribution in [3.8, 4) is 0 Å². The summed E-state index contributed by atoms with van der Waals surface area (Å²) in [6.07, 6.45) is 1.75. The first-order valence-electron chi connectivity index (χ1n) is 11.4. The Hall–Kier alpha value is -2.86. The van der Waals surface area contributed by atoms with Crippen molar-refractivity contribution < 1.29 is 43.3 Å². The lowest BCUT2D eigenvalue weighted by Crippen LogP contribution is -2.24. The minimum atomic E-state index is -3.87. The van der Waals surface area contributed by atoms with Crippen LogP contribution in [0.15, 0.2) is 48.8 Å². The molecule has 0 spiro atoms. The van der Waals surface area contributed by atoms with Gasteiger partial charge in [-0.15, -0.1) is 0 Å². The average molecular weight is 672 g/mol. The molecule has 0 aliphatic carbocycles. The SMILES string of the molecule is CCS(=O)(=O)c1cc(C)c(C(=O)Cl)cc1S(C)(=O)=O.CCS(=O)(=O)c1cc(C)c(C(=O)N=C(N)N)cc1S(C)(=O)=O. The third-order valence-corrected chi connectivity index (χ3v) is 11.8. The van der Waals surface area contributed by atoms with Crippen molar-refractivity contribution in [1.29, 1.82) is 0 Å². The number of aryl methyl sites for hydroxylation is 2. The maximum atomic E-state index is 12.1. The molecule has 0 atom stereocenters. The predicted octanol–water partition coefficient (Wildman–Crippen LogP) is 1.18. The monoisotopic (exact) mass is 671 g/mol. The van der Waals surface area contributed by atoms with Gasteiger partial charge < -0.3 is 11.5 Å². The molecule has 1 amide bonds. The van der Waals surface area contributed by atoms with Crippen LogP contribution in [0.1, 0.15) is 45.7 Å². The van der Waals surface area contributed by atoms with Gasteiger partial charge in [-0.2, -0.15) is 4.99 Å². The zero-order chi connectivity index (χ0) is 32.3. The zero-order valence-corrected chi connectivity index (χ0v) is 26.9. The van der Waals surface area contributed by atoms with Gasteiger partial charge in [0.15, 0.2) is 45.3 Å². The first-order chi connectivity index (χ1) is 18.4. The first-order valence-corrected chi connectivity index (χ1v) is 18.9. The number of nitrogens with two attached hydrogens (primary N) is 2. The number of guanidine groups is 1. The van der Waals surface area contributed by atoms with Crippen molar-refractivity contribution in [2.45, 2.75) is 47.3 Å². The number of nitrogens with zero attached hydrogens (tertiary/aromatic N) is 1. The number of carbonyl (C=O) groups is 2. The second kappa shape index (κ2) is 13.0. The van der Waals surface area contributed by atoms with E-state index in [9.17, 15) is 43.3 Å². The van der Waals surface area contributed by atoms with Crippen molar-refractivity contribution >= 4 is 68.1 Å². The third-order valence-electron chi connectivity index (χ3n) is 5.48. The van der Waals surface area contributed by atoms with E-state index >= 15 is 0 Å². The maximum absolute atomic E-state index is 12.1. The summed E-state index contributed by atoms with van der Waals surface area (Å²) in [4.78, 5) is 24.9. The number of hydrogen-bond acceptors (Lipinski definition) is 10. The highest BCUT2D eigenvalue weighted by Crippen LogP contribution is 2.28. The molecule has 0 aliphatic heterocycles. The molecule has 0 radical (unpaired) electrons. The van der Waals surface area contributed by atoms with Gasteiger partial charge in [0.1, 0.15) is 0 Å². The molecule has 41 heavy (non-hydrogen) atoms. The summed E-state index contributed by atoms with van der Waals surface area (Å²) in [7, 11) is -15.1. The van der Waals surface area contributed by atoms with Crippen LogP contribution in [0.3, 0.4) is 0 Å². The third kappa shape index (κ3) is 9.06. The molecule has 0 aromatic heterocycles. The van der Waals surface area contributed by atoms with Crippen LogP contribution in [0, 0.1) is 13.8 Å². The molecule has 0 saturated carbocycles. The van der Waals surface area contributed by atoms with Gasteiger partial charge in [-0.1, -0.05) is 13.8 Å². The van der Waals surface area contributed by atoms with Crippen LogP contribution in [-0.4, -0.2) is 74.8 Å². The first kappa shape index (κ1) is 36.2. The molecule has 0 aliphatic rings. The Balaban J connectivity index is 0.000000414. The topological polar surface area (TPSA) is 235 Å². The Morgan fingerprint density at radius 2 is 1.02 bits per heavy atom. The number of sulfone groups is 4. The van der Waals surface area contributed by atoms with E-state index in [1.54, 1.807) is 0 Å². The molecule has 0 bridgehead atoms. The van der Waals surface area contributed by atoms with Gasteiger partial charge in [-0.3, -0.25) is 9.59 Å². The fourth-order valence-electron chi connectivity index (χ4n) is 3.32. The van der Waals surface area contributed by atoms with E-state index in [4.69, 9.17) is 23.1 Å². The molecule has 0 saturated heterocycles. The average Bonchev–Trinajstić information content (AvgIpc) is 2.81. The highest BCUT2D eigenvalue weighted by Gasteiger charge is 2.27. The molecule has 2 aromatic rings. The Labute approximate surface area is 244 Å². The molecule has 4 N–H and O–H groups in total. The Morgan fingerprint density at radius 1 is 0.683 bits per heavy atom. The summed E-state index contributed by atoms with van der Waals surface area (Å²) in [6, 6.07) is 4.32. The van der Waals surface area contributed by atoms with E-state index in [-0.39, 0.29) is 38.0 Å². The van der Waals surface area contributed by atoms with Crippen LogP contribution < -0.4 is 11.5 Å². The summed E-state index contributed by atoms with van der Waals surface area (Å²) >= 11 is 5.35. The second-order valence-corrected chi connectivity index (χ2v) is 17.5. The normalized spacial score (nSPS) is 12.2. The lowest BCUT2D eigenvalue weighted by molar-refractivity contribution is 0.100.